The fourth-order valence-electron chi connectivity index (χ4n) is 3.91. The first kappa shape index (κ1) is 20.4. The number of hydrogen-bond donors (Lipinski definition) is 2. The summed E-state index contributed by atoms with van der Waals surface area (Å²) in [6.07, 6.45) is 0. The van der Waals surface area contributed by atoms with E-state index in [-0.39, 0.29) is 24.3 Å². The molecule has 2 aromatic rings. The predicted octanol–water partition coefficient (Wildman–Crippen LogP) is 0.757. The van der Waals surface area contributed by atoms with Gasteiger partial charge in [-0.3, -0.25) is 14.4 Å². The highest BCUT2D eigenvalue weighted by Crippen LogP contribution is 2.30. The van der Waals surface area contributed by atoms with Crippen molar-refractivity contribution >= 4 is 35.0 Å². The maximum absolute atomic E-state index is 13.3. The number of quaternary nitrogens is 1. The molecular weight excluding hydrogens is 404 g/mol. The van der Waals surface area contributed by atoms with Crippen molar-refractivity contribution in [3.05, 3.63) is 53.1 Å². The Morgan fingerprint density at radius 1 is 1.10 bits per heavy atom. The quantitative estimate of drug-likeness (QED) is 0.759. The number of piperazine rings is 1. The van der Waals surface area contributed by atoms with E-state index in [2.05, 4.69) is 5.32 Å². The van der Waals surface area contributed by atoms with Crippen molar-refractivity contribution in [3.63, 3.8) is 0 Å². The summed E-state index contributed by atoms with van der Waals surface area (Å²) in [6, 6.07) is 12.1. The second-order valence-corrected chi connectivity index (χ2v) is 8.43. The molecular formula is C22H24ClN4O3+. The molecule has 8 heteroatoms. The first-order valence-electron chi connectivity index (χ1n) is 9.92. The molecule has 0 aromatic heterocycles. The molecule has 7 nitrogen and oxygen atoms in total. The minimum Gasteiger partial charge on any atom is -0.333 e. The van der Waals surface area contributed by atoms with Gasteiger partial charge in [0.2, 0.25) is 5.91 Å². The molecule has 156 valence electrons. The van der Waals surface area contributed by atoms with E-state index in [1.54, 1.807) is 34.1 Å². The number of nitrogens with zero attached hydrogens (tertiary/aromatic N) is 2. The fourth-order valence-corrected chi connectivity index (χ4v) is 4.04. The minimum atomic E-state index is -0.696. The van der Waals surface area contributed by atoms with E-state index < -0.39 is 6.04 Å². The number of likely N-dealkylation sites (N-methyl/N-ethyl adjacent to an activating group) is 1. The van der Waals surface area contributed by atoms with Crippen molar-refractivity contribution in [1.82, 2.24) is 9.80 Å². The molecule has 1 atom stereocenters. The Bertz CT molecular complexity index is 1010. The van der Waals surface area contributed by atoms with Gasteiger partial charge in [0.05, 0.1) is 31.9 Å². The number of nitrogens with one attached hydrogen (secondary N) is 2. The summed E-state index contributed by atoms with van der Waals surface area (Å²) in [7, 11) is 3.82. The number of carbonyl (C=O) groups excluding carboxylic acids is 3. The zero-order valence-electron chi connectivity index (χ0n) is 16.9. The van der Waals surface area contributed by atoms with Crippen LogP contribution in [0.1, 0.15) is 10.4 Å². The standard InChI is InChI=1S/C22H23ClN4O3/c1-25(2)13-20(28)26-9-10-27-19(12-26)21(29)24-18-8-5-15(11-17(18)22(27)30)14-3-6-16(23)7-4-14/h3-8,11,19H,9-10,12-13H2,1-2H3,(H,24,29)/p+1/t19-/m1/s1. The van der Waals surface area contributed by atoms with Gasteiger partial charge in [0.1, 0.15) is 6.04 Å². The second-order valence-electron chi connectivity index (χ2n) is 7.99. The highest BCUT2D eigenvalue weighted by atomic mass is 35.5. The van der Waals surface area contributed by atoms with E-state index in [1.165, 1.54) is 0 Å². The molecule has 0 bridgehead atoms. The summed E-state index contributed by atoms with van der Waals surface area (Å²) in [5.41, 5.74) is 2.75. The Morgan fingerprint density at radius 3 is 2.50 bits per heavy atom. The molecule has 2 heterocycles. The molecule has 0 spiro atoms. The van der Waals surface area contributed by atoms with Gasteiger partial charge in [0, 0.05) is 18.1 Å². The number of benzene rings is 2. The van der Waals surface area contributed by atoms with E-state index in [0.717, 1.165) is 16.0 Å². The molecule has 2 N–H and O–H groups in total. The van der Waals surface area contributed by atoms with Crippen LogP contribution in [0, 0.1) is 0 Å². The Morgan fingerprint density at radius 2 is 1.80 bits per heavy atom. The lowest BCUT2D eigenvalue weighted by molar-refractivity contribution is -0.849. The van der Waals surface area contributed by atoms with Crippen LogP contribution >= 0.6 is 11.6 Å². The molecule has 30 heavy (non-hydrogen) atoms. The van der Waals surface area contributed by atoms with Gasteiger partial charge >= 0.3 is 0 Å². The summed E-state index contributed by atoms with van der Waals surface area (Å²) in [5.74, 6) is -0.479. The number of amides is 3. The third-order valence-electron chi connectivity index (χ3n) is 5.49. The second kappa shape index (κ2) is 8.08. The molecule has 2 aliphatic rings. The van der Waals surface area contributed by atoms with Crippen LogP contribution < -0.4 is 10.2 Å². The SMILES string of the molecule is C[NH+](C)CC(=O)N1CCN2C(=O)c3cc(-c4ccc(Cl)cc4)ccc3NC(=O)[C@H]2C1. The number of carbonyl (C=O) groups is 3. The Labute approximate surface area is 180 Å². The zero-order chi connectivity index (χ0) is 21.4. The summed E-state index contributed by atoms with van der Waals surface area (Å²) in [6.45, 7) is 1.32. The summed E-state index contributed by atoms with van der Waals surface area (Å²) < 4.78 is 0. The lowest BCUT2D eigenvalue weighted by Crippen LogP contribution is -3.07. The Balaban J connectivity index is 1.62. The van der Waals surface area contributed by atoms with Crippen LogP contribution in [0.4, 0.5) is 5.69 Å². The van der Waals surface area contributed by atoms with Crippen LogP contribution in [-0.4, -0.2) is 73.8 Å². The van der Waals surface area contributed by atoms with Crippen LogP contribution in [0.2, 0.25) is 5.02 Å². The van der Waals surface area contributed by atoms with E-state index in [0.29, 0.717) is 35.9 Å². The topological polar surface area (TPSA) is 74.2 Å². The Hall–Kier alpha value is -2.90. The number of hydrogen-bond acceptors (Lipinski definition) is 3. The molecule has 0 unspecified atom stereocenters. The van der Waals surface area contributed by atoms with Crippen LogP contribution in [0.15, 0.2) is 42.5 Å². The van der Waals surface area contributed by atoms with Crippen LogP contribution in [-0.2, 0) is 9.59 Å². The van der Waals surface area contributed by atoms with Crippen molar-refractivity contribution in [2.45, 2.75) is 6.04 Å². The Kier molecular flexibility index (Phi) is 5.49. The smallest absolute Gasteiger partial charge is 0.277 e. The van der Waals surface area contributed by atoms with Gasteiger partial charge < -0.3 is 20.0 Å². The monoisotopic (exact) mass is 427 g/mol. The third-order valence-corrected chi connectivity index (χ3v) is 5.74. The number of fused-ring (bicyclic) bond motifs is 2. The van der Waals surface area contributed by atoms with Crippen molar-refractivity contribution in [3.8, 4) is 11.1 Å². The van der Waals surface area contributed by atoms with Crippen LogP contribution in [0.5, 0.6) is 0 Å². The first-order valence-corrected chi connectivity index (χ1v) is 10.3. The van der Waals surface area contributed by atoms with Crippen molar-refractivity contribution in [1.29, 1.82) is 0 Å². The van der Waals surface area contributed by atoms with E-state index in [4.69, 9.17) is 11.6 Å². The average molecular weight is 428 g/mol. The molecule has 3 amide bonds. The normalized spacial score (nSPS) is 18.6. The van der Waals surface area contributed by atoms with Crippen LogP contribution in [0.3, 0.4) is 0 Å². The van der Waals surface area contributed by atoms with Crippen molar-refractivity contribution in [2.24, 2.45) is 0 Å². The molecule has 2 aromatic carbocycles. The lowest BCUT2D eigenvalue weighted by Gasteiger charge is -2.39. The maximum Gasteiger partial charge on any atom is 0.277 e. The van der Waals surface area contributed by atoms with Gasteiger partial charge in [-0.2, -0.15) is 0 Å². The molecule has 0 aliphatic carbocycles. The van der Waals surface area contributed by atoms with Crippen molar-refractivity contribution < 1.29 is 19.3 Å². The number of anilines is 1. The first-order chi connectivity index (χ1) is 14.3. The van der Waals surface area contributed by atoms with Gasteiger partial charge in [0.25, 0.3) is 11.8 Å². The maximum atomic E-state index is 13.3. The van der Waals surface area contributed by atoms with Gasteiger partial charge in [0.15, 0.2) is 6.54 Å². The molecule has 1 fully saturated rings. The van der Waals surface area contributed by atoms with E-state index >= 15 is 0 Å². The summed E-state index contributed by atoms with van der Waals surface area (Å²) in [5, 5.41) is 3.52. The zero-order valence-corrected chi connectivity index (χ0v) is 17.7. The molecule has 0 saturated carbocycles. The third kappa shape index (κ3) is 3.91. The van der Waals surface area contributed by atoms with Gasteiger partial charge in [-0.05, 0) is 35.4 Å². The molecule has 0 radical (unpaired) electrons. The lowest BCUT2D eigenvalue weighted by atomic mass is 10.0. The highest BCUT2D eigenvalue weighted by Gasteiger charge is 2.40. The molecule has 2 aliphatic heterocycles. The fraction of sp³-hybridized carbons (Fsp3) is 0.318. The van der Waals surface area contributed by atoms with Gasteiger partial charge in [-0.25, -0.2) is 0 Å². The molecule has 4 rings (SSSR count). The van der Waals surface area contributed by atoms with Gasteiger partial charge in [-0.15, -0.1) is 0 Å². The summed E-state index contributed by atoms with van der Waals surface area (Å²) >= 11 is 5.98. The number of rotatable bonds is 3. The van der Waals surface area contributed by atoms with E-state index in [1.807, 2.05) is 32.3 Å². The average Bonchev–Trinajstić information content (AvgIpc) is 2.82. The largest absolute Gasteiger partial charge is 0.333 e. The number of halogens is 1. The predicted molar refractivity (Wildman–Crippen MR) is 115 cm³/mol. The summed E-state index contributed by atoms with van der Waals surface area (Å²) in [4.78, 5) is 42.9. The van der Waals surface area contributed by atoms with Crippen LogP contribution in [0.25, 0.3) is 11.1 Å². The van der Waals surface area contributed by atoms with E-state index in [9.17, 15) is 14.4 Å². The van der Waals surface area contributed by atoms with Gasteiger partial charge in [-0.1, -0.05) is 29.8 Å². The minimum absolute atomic E-state index is 0.0123. The van der Waals surface area contributed by atoms with Crippen molar-refractivity contribution in [2.75, 3.05) is 45.6 Å². The molecule has 1 saturated heterocycles. The highest BCUT2D eigenvalue weighted by molar-refractivity contribution is 6.30.